The molecule has 0 atom stereocenters. The third-order valence-corrected chi connectivity index (χ3v) is 6.51. The number of fused-ring (bicyclic) bond motifs is 3. The monoisotopic (exact) mass is 464 g/mol. The van der Waals surface area contributed by atoms with Gasteiger partial charge in [0.2, 0.25) is 11.8 Å². The maximum atomic E-state index is 6.22. The van der Waals surface area contributed by atoms with E-state index in [2.05, 4.69) is 70.9 Å². The summed E-state index contributed by atoms with van der Waals surface area (Å²) in [6.07, 6.45) is 0. The van der Waals surface area contributed by atoms with Crippen molar-refractivity contribution in [1.82, 2.24) is 10.2 Å². The summed E-state index contributed by atoms with van der Waals surface area (Å²) in [7, 11) is 0. The van der Waals surface area contributed by atoms with Gasteiger partial charge in [-0.1, -0.05) is 91.0 Å². The number of rotatable bonds is 4. The van der Waals surface area contributed by atoms with Crippen LogP contribution in [-0.4, -0.2) is 10.2 Å². The van der Waals surface area contributed by atoms with E-state index < -0.39 is 0 Å². The smallest absolute Gasteiger partial charge is 0.248 e. The fourth-order valence-electron chi connectivity index (χ4n) is 4.66. The van der Waals surface area contributed by atoms with E-state index >= 15 is 0 Å². The summed E-state index contributed by atoms with van der Waals surface area (Å²) >= 11 is 0. The summed E-state index contributed by atoms with van der Waals surface area (Å²) in [6, 6.07) is 41.1. The highest BCUT2D eigenvalue weighted by Gasteiger charge is 2.13. The number of aromatic nitrogens is 2. The minimum Gasteiger partial charge on any atom is -0.455 e. The second-order valence-electron chi connectivity index (χ2n) is 8.71. The molecule has 0 spiro atoms. The molecule has 0 saturated carbocycles. The number of para-hydroxylation sites is 2. The van der Waals surface area contributed by atoms with Gasteiger partial charge in [-0.3, -0.25) is 0 Å². The minimum atomic E-state index is 0.509. The number of furan rings is 1. The molecule has 0 amide bonds. The van der Waals surface area contributed by atoms with Crippen LogP contribution in [0, 0.1) is 0 Å². The van der Waals surface area contributed by atoms with E-state index in [1.807, 2.05) is 60.7 Å². The van der Waals surface area contributed by atoms with Crippen LogP contribution in [0.3, 0.4) is 0 Å². The molecule has 0 bridgehead atoms. The lowest BCUT2D eigenvalue weighted by molar-refractivity contribution is 0.584. The predicted octanol–water partition coefficient (Wildman–Crippen LogP) is 8.64. The van der Waals surface area contributed by atoms with E-state index in [4.69, 9.17) is 8.83 Å². The van der Waals surface area contributed by atoms with Crippen molar-refractivity contribution in [1.29, 1.82) is 0 Å². The van der Waals surface area contributed by atoms with Gasteiger partial charge < -0.3 is 8.83 Å². The van der Waals surface area contributed by atoms with Crippen LogP contribution in [-0.2, 0) is 0 Å². The van der Waals surface area contributed by atoms with E-state index in [-0.39, 0.29) is 0 Å². The topological polar surface area (TPSA) is 52.1 Å². The molecule has 0 radical (unpaired) electrons. The molecule has 2 aromatic heterocycles. The molecule has 4 heteroatoms. The molecule has 170 valence electrons. The predicted molar refractivity (Wildman–Crippen MR) is 143 cm³/mol. The fraction of sp³-hybridized carbons (Fsp3) is 0. The molecule has 0 saturated heterocycles. The first-order chi connectivity index (χ1) is 17.8. The van der Waals surface area contributed by atoms with Gasteiger partial charge in [0.15, 0.2) is 0 Å². The Hall–Kier alpha value is -4.96. The molecular weight excluding hydrogens is 444 g/mol. The van der Waals surface area contributed by atoms with Crippen molar-refractivity contribution in [2.45, 2.75) is 0 Å². The van der Waals surface area contributed by atoms with E-state index in [0.29, 0.717) is 11.8 Å². The quantitative estimate of drug-likeness (QED) is 0.262. The molecule has 0 N–H and O–H groups in total. The van der Waals surface area contributed by atoms with Gasteiger partial charge in [0.25, 0.3) is 0 Å². The lowest BCUT2D eigenvalue weighted by atomic mass is 9.98. The summed E-state index contributed by atoms with van der Waals surface area (Å²) in [6.45, 7) is 0. The van der Waals surface area contributed by atoms with Gasteiger partial charge in [-0.2, -0.15) is 0 Å². The second kappa shape index (κ2) is 8.36. The molecule has 36 heavy (non-hydrogen) atoms. The van der Waals surface area contributed by atoms with Crippen LogP contribution in [0.25, 0.3) is 67.1 Å². The summed E-state index contributed by atoms with van der Waals surface area (Å²) in [5, 5.41) is 10.7. The molecular formula is C32H20N2O2. The molecule has 4 nitrogen and oxygen atoms in total. The third-order valence-electron chi connectivity index (χ3n) is 6.51. The minimum absolute atomic E-state index is 0.509. The second-order valence-corrected chi connectivity index (χ2v) is 8.71. The molecule has 5 aromatic carbocycles. The van der Waals surface area contributed by atoms with Crippen molar-refractivity contribution in [3.63, 3.8) is 0 Å². The maximum Gasteiger partial charge on any atom is 0.248 e. The highest BCUT2D eigenvalue weighted by molar-refractivity contribution is 6.09. The van der Waals surface area contributed by atoms with Crippen molar-refractivity contribution in [2.24, 2.45) is 0 Å². The Bertz CT molecular complexity index is 1810. The molecule has 7 aromatic rings. The standard InChI is InChI=1S/C32H20N2O2/c1-2-7-24(8-3-1)31-33-34-32(36-31)25-19-15-22(16-20-25)21-13-17-23(18-14-21)26-10-6-11-28-27-9-4-5-12-29(27)35-30(26)28/h1-20H. The van der Waals surface area contributed by atoms with Gasteiger partial charge in [0.05, 0.1) is 0 Å². The van der Waals surface area contributed by atoms with Gasteiger partial charge in [-0.25, -0.2) is 0 Å². The summed E-state index contributed by atoms with van der Waals surface area (Å²) in [5.74, 6) is 1.03. The van der Waals surface area contributed by atoms with Crippen LogP contribution < -0.4 is 0 Å². The zero-order valence-electron chi connectivity index (χ0n) is 19.3. The van der Waals surface area contributed by atoms with Crippen LogP contribution in [0.2, 0.25) is 0 Å². The average Bonchev–Trinajstić information content (AvgIpc) is 3.59. The van der Waals surface area contributed by atoms with Crippen molar-refractivity contribution < 1.29 is 8.83 Å². The molecule has 0 aliphatic carbocycles. The van der Waals surface area contributed by atoms with Crippen LogP contribution in [0.5, 0.6) is 0 Å². The Balaban J connectivity index is 1.17. The van der Waals surface area contributed by atoms with Crippen molar-refractivity contribution in [2.75, 3.05) is 0 Å². The van der Waals surface area contributed by atoms with E-state index in [1.165, 1.54) is 0 Å². The van der Waals surface area contributed by atoms with Gasteiger partial charge in [-0.05, 0) is 47.0 Å². The first kappa shape index (κ1) is 20.4. The summed E-state index contributed by atoms with van der Waals surface area (Å²) in [5.41, 5.74) is 8.11. The van der Waals surface area contributed by atoms with Crippen molar-refractivity contribution in [3.8, 4) is 45.2 Å². The van der Waals surface area contributed by atoms with E-state index in [9.17, 15) is 0 Å². The SMILES string of the molecule is c1ccc(-c2nnc(-c3ccc(-c4ccc(-c5cccc6c5oc5ccccc56)cc4)cc3)o2)cc1. The molecule has 7 rings (SSSR count). The Labute approximate surface area is 207 Å². The zero-order chi connectivity index (χ0) is 23.9. The van der Waals surface area contributed by atoms with Gasteiger partial charge in [0, 0.05) is 27.5 Å². The number of hydrogen-bond acceptors (Lipinski definition) is 4. The highest BCUT2D eigenvalue weighted by Crippen LogP contribution is 2.36. The third kappa shape index (κ3) is 3.48. The first-order valence-electron chi connectivity index (χ1n) is 11.8. The van der Waals surface area contributed by atoms with Crippen LogP contribution in [0.15, 0.2) is 130 Å². The van der Waals surface area contributed by atoms with Crippen LogP contribution >= 0.6 is 0 Å². The molecule has 0 fully saturated rings. The Morgan fingerprint density at radius 3 is 1.67 bits per heavy atom. The summed E-state index contributed by atoms with van der Waals surface area (Å²) in [4.78, 5) is 0. The molecule has 0 unspecified atom stereocenters. The van der Waals surface area contributed by atoms with Crippen LogP contribution in [0.4, 0.5) is 0 Å². The van der Waals surface area contributed by atoms with Crippen LogP contribution in [0.1, 0.15) is 0 Å². The Kier molecular flexibility index (Phi) is 4.74. The van der Waals surface area contributed by atoms with Gasteiger partial charge in [-0.15, -0.1) is 10.2 Å². The highest BCUT2D eigenvalue weighted by atomic mass is 16.4. The van der Waals surface area contributed by atoms with E-state index in [1.54, 1.807) is 0 Å². The normalized spacial score (nSPS) is 11.3. The van der Waals surface area contributed by atoms with Crippen molar-refractivity contribution >= 4 is 21.9 Å². The lowest BCUT2D eigenvalue weighted by Crippen LogP contribution is -1.83. The molecule has 0 aliphatic heterocycles. The number of benzene rings is 5. The zero-order valence-corrected chi connectivity index (χ0v) is 19.3. The number of hydrogen-bond donors (Lipinski definition) is 0. The molecule has 0 aliphatic rings. The maximum absolute atomic E-state index is 6.22. The lowest BCUT2D eigenvalue weighted by Gasteiger charge is -2.06. The fourth-order valence-corrected chi connectivity index (χ4v) is 4.66. The first-order valence-corrected chi connectivity index (χ1v) is 11.8. The Morgan fingerprint density at radius 2 is 0.944 bits per heavy atom. The van der Waals surface area contributed by atoms with Gasteiger partial charge in [0.1, 0.15) is 11.2 Å². The average molecular weight is 465 g/mol. The Morgan fingerprint density at radius 1 is 0.389 bits per heavy atom. The number of nitrogens with zero attached hydrogens (tertiary/aromatic N) is 2. The van der Waals surface area contributed by atoms with Crippen molar-refractivity contribution in [3.05, 3.63) is 121 Å². The van der Waals surface area contributed by atoms with Gasteiger partial charge >= 0.3 is 0 Å². The van der Waals surface area contributed by atoms with E-state index in [0.717, 1.165) is 55.3 Å². The largest absolute Gasteiger partial charge is 0.455 e. The molecule has 2 heterocycles. The summed E-state index contributed by atoms with van der Waals surface area (Å²) < 4.78 is 12.1.